The van der Waals surface area contributed by atoms with Crippen LogP contribution in [0.1, 0.15) is 29.3 Å². The minimum absolute atomic E-state index is 0.0974. The Bertz CT molecular complexity index is 315. The fourth-order valence-corrected chi connectivity index (χ4v) is 2.38. The molecule has 1 atom stereocenters. The van der Waals surface area contributed by atoms with Crippen LogP contribution >= 0.6 is 22.9 Å². The molecule has 0 amide bonds. The van der Waals surface area contributed by atoms with Crippen molar-refractivity contribution in [1.29, 1.82) is 0 Å². The zero-order valence-corrected chi connectivity index (χ0v) is 9.64. The van der Waals surface area contributed by atoms with E-state index in [2.05, 4.69) is 0 Å². The summed E-state index contributed by atoms with van der Waals surface area (Å²) >= 11 is 7.05. The van der Waals surface area contributed by atoms with Crippen molar-refractivity contribution in [3.8, 4) is 0 Å². The van der Waals surface area contributed by atoms with Gasteiger partial charge in [0.05, 0.1) is 4.34 Å². The molecule has 0 aliphatic carbocycles. The van der Waals surface area contributed by atoms with E-state index in [4.69, 9.17) is 17.3 Å². The maximum Gasteiger partial charge on any atom is 0.389 e. The fourth-order valence-electron chi connectivity index (χ4n) is 1.13. The molecule has 1 nitrogen and oxygen atoms in total. The van der Waals surface area contributed by atoms with Gasteiger partial charge in [-0.1, -0.05) is 11.6 Å². The van der Waals surface area contributed by atoms with E-state index in [1.165, 1.54) is 11.3 Å². The van der Waals surface area contributed by atoms with Crippen LogP contribution in [0.25, 0.3) is 0 Å². The van der Waals surface area contributed by atoms with Gasteiger partial charge in [0.25, 0.3) is 0 Å². The van der Waals surface area contributed by atoms with E-state index in [0.29, 0.717) is 9.21 Å². The van der Waals surface area contributed by atoms with Crippen LogP contribution in [0.15, 0.2) is 6.07 Å². The Balaban J connectivity index is 2.58. The van der Waals surface area contributed by atoms with Crippen molar-refractivity contribution in [3.63, 3.8) is 0 Å². The highest BCUT2D eigenvalue weighted by molar-refractivity contribution is 7.16. The van der Waals surface area contributed by atoms with Gasteiger partial charge in [-0.05, 0) is 25.0 Å². The van der Waals surface area contributed by atoms with E-state index in [1.54, 1.807) is 13.0 Å². The smallest absolute Gasteiger partial charge is 0.323 e. The molecule has 15 heavy (non-hydrogen) atoms. The van der Waals surface area contributed by atoms with Gasteiger partial charge in [-0.2, -0.15) is 13.2 Å². The minimum atomic E-state index is -4.15. The van der Waals surface area contributed by atoms with Crippen molar-refractivity contribution in [2.45, 2.75) is 32.0 Å². The highest BCUT2D eigenvalue weighted by Gasteiger charge is 2.28. The molecule has 1 aromatic heterocycles. The Labute approximate surface area is 95.0 Å². The number of rotatable bonds is 3. The average Bonchev–Trinajstić information content (AvgIpc) is 2.42. The molecule has 0 spiro atoms. The van der Waals surface area contributed by atoms with Gasteiger partial charge in [0.15, 0.2) is 0 Å². The fraction of sp³-hybridized carbons (Fsp3) is 0.556. The molecule has 0 aromatic carbocycles. The first kappa shape index (κ1) is 12.8. The number of hydrogen-bond acceptors (Lipinski definition) is 2. The highest BCUT2D eigenvalue weighted by Crippen LogP contribution is 2.33. The molecule has 0 fully saturated rings. The van der Waals surface area contributed by atoms with Crippen LogP contribution in [0.5, 0.6) is 0 Å². The summed E-state index contributed by atoms with van der Waals surface area (Å²) in [4.78, 5) is 0.710. The van der Waals surface area contributed by atoms with Crippen molar-refractivity contribution >= 4 is 22.9 Å². The maximum atomic E-state index is 11.9. The van der Waals surface area contributed by atoms with Gasteiger partial charge in [0.2, 0.25) is 0 Å². The Hall–Kier alpha value is -0.260. The number of halogens is 4. The predicted octanol–water partition coefficient (Wildman–Crippen LogP) is 4.05. The molecule has 0 aliphatic heterocycles. The summed E-state index contributed by atoms with van der Waals surface area (Å²) in [6, 6.07) is 1.16. The van der Waals surface area contributed by atoms with E-state index in [1.807, 2.05) is 0 Å². The molecule has 0 radical (unpaired) electrons. The standard InChI is InChI=1S/C9H11ClF3NS/c1-5-4-7(15-8(5)10)6(14)2-3-9(11,12)13/h4,6H,2-3,14H2,1H3. The molecule has 0 bridgehead atoms. The Morgan fingerprint density at radius 2 is 2.13 bits per heavy atom. The number of aryl methyl sites for hydroxylation is 1. The van der Waals surface area contributed by atoms with Crippen LogP contribution < -0.4 is 5.73 Å². The molecule has 6 heteroatoms. The molecular formula is C9H11ClF3NS. The van der Waals surface area contributed by atoms with Crippen LogP contribution in [0.4, 0.5) is 13.2 Å². The van der Waals surface area contributed by atoms with Gasteiger partial charge < -0.3 is 5.73 Å². The predicted molar refractivity (Wildman–Crippen MR) is 56.3 cm³/mol. The number of alkyl halides is 3. The summed E-state index contributed by atoms with van der Waals surface area (Å²) < 4.78 is 36.4. The van der Waals surface area contributed by atoms with Crippen molar-refractivity contribution in [3.05, 3.63) is 20.8 Å². The highest BCUT2D eigenvalue weighted by atomic mass is 35.5. The summed E-state index contributed by atoms with van der Waals surface area (Å²) in [5.41, 5.74) is 6.50. The van der Waals surface area contributed by atoms with Crippen molar-refractivity contribution in [1.82, 2.24) is 0 Å². The lowest BCUT2D eigenvalue weighted by atomic mass is 10.1. The third kappa shape index (κ3) is 4.01. The van der Waals surface area contributed by atoms with Crippen LogP contribution in [0, 0.1) is 6.92 Å². The summed E-state index contributed by atoms with van der Waals surface area (Å²) in [7, 11) is 0. The molecular weight excluding hydrogens is 247 g/mol. The van der Waals surface area contributed by atoms with Crippen LogP contribution in [0.2, 0.25) is 4.34 Å². The summed E-state index contributed by atoms with van der Waals surface area (Å²) in [6.07, 6.45) is -5.10. The molecule has 1 aromatic rings. The quantitative estimate of drug-likeness (QED) is 0.869. The van der Waals surface area contributed by atoms with Crippen molar-refractivity contribution in [2.75, 3.05) is 0 Å². The van der Waals surface area contributed by atoms with E-state index < -0.39 is 18.6 Å². The maximum absolute atomic E-state index is 11.9. The topological polar surface area (TPSA) is 26.0 Å². The van der Waals surface area contributed by atoms with Gasteiger partial charge in [-0.15, -0.1) is 11.3 Å². The molecule has 1 heterocycles. The van der Waals surface area contributed by atoms with Gasteiger partial charge in [-0.25, -0.2) is 0 Å². The lowest BCUT2D eigenvalue weighted by Gasteiger charge is -2.11. The second-order valence-corrected chi connectivity index (χ2v) is 5.05. The molecule has 0 aliphatic rings. The first-order chi connectivity index (χ1) is 6.79. The zero-order valence-electron chi connectivity index (χ0n) is 8.07. The normalized spacial score (nSPS) is 14.3. The zero-order chi connectivity index (χ0) is 11.6. The molecule has 0 saturated carbocycles. The van der Waals surface area contributed by atoms with Crippen LogP contribution in [-0.2, 0) is 0 Å². The van der Waals surface area contributed by atoms with Gasteiger partial charge in [-0.3, -0.25) is 0 Å². The van der Waals surface area contributed by atoms with E-state index in [9.17, 15) is 13.2 Å². The second-order valence-electron chi connectivity index (χ2n) is 3.37. The van der Waals surface area contributed by atoms with Crippen molar-refractivity contribution < 1.29 is 13.2 Å². The molecule has 86 valence electrons. The third-order valence-electron chi connectivity index (χ3n) is 1.98. The molecule has 2 N–H and O–H groups in total. The van der Waals surface area contributed by atoms with Gasteiger partial charge in [0.1, 0.15) is 0 Å². The summed E-state index contributed by atoms with van der Waals surface area (Å²) in [5.74, 6) is 0. The van der Waals surface area contributed by atoms with Crippen LogP contribution in [-0.4, -0.2) is 6.18 Å². The Morgan fingerprint density at radius 3 is 2.53 bits per heavy atom. The first-order valence-electron chi connectivity index (χ1n) is 4.38. The first-order valence-corrected chi connectivity index (χ1v) is 5.57. The third-order valence-corrected chi connectivity index (χ3v) is 3.67. The van der Waals surface area contributed by atoms with Gasteiger partial charge in [0, 0.05) is 17.3 Å². The molecule has 1 rings (SSSR count). The SMILES string of the molecule is Cc1cc(C(N)CCC(F)(F)F)sc1Cl. The van der Waals surface area contributed by atoms with E-state index in [0.717, 1.165) is 5.56 Å². The second kappa shape index (κ2) is 4.72. The number of nitrogens with two attached hydrogens (primary N) is 1. The van der Waals surface area contributed by atoms with E-state index in [-0.39, 0.29) is 6.42 Å². The summed E-state index contributed by atoms with van der Waals surface area (Å²) in [5, 5.41) is 0. The minimum Gasteiger partial charge on any atom is -0.323 e. The lowest BCUT2D eigenvalue weighted by molar-refractivity contribution is -0.136. The lowest BCUT2D eigenvalue weighted by Crippen LogP contribution is -2.14. The average molecular weight is 258 g/mol. The number of thiophene rings is 1. The molecule has 1 unspecified atom stereocenters. The monoisotopic (exact) mass is 257 g/mol. The Morgan fingerprint density at radius 1 is 1.53 bits per heavy atom. The van der Waals surface area contributed by atoms with Crippen LogP contribution in [0.3, 0.4) is 0 Å². The molecule has 0 saturated heterocycles. The number of hydrogen-bond donors (Lipinski definition) is 1. The van der Waals surface area contributed by atoms with E-state index >= 15 is 0 Å². The van der Waals surface area contributed by atoms with Crippen molar-refractivity contribution in [2.24, 2.45) is 5.73 Å². The largest absolute Gasteiger partial charge is 0.389 e. The van der Waals surface area contributed by atoms with Gasteiger partial charge >= 0.3 is 6.18 Å². The Kier molecular flexibility index (Phi) is 4.03. The summed E-state index contributed by atoms with van der Waals surface area (Å²) in [6.45, 7) is 1.80.